The molecule has 1 aromatic heterocycles. The summed E-state index contributed by atoms with van der Waals surface area (Å²) in [6.07, 6.45) is 6.52. The van der Waals surface area contributed by atoms with Gasteiger partial charge in [-0.05, 0) is 87.0 Å². The Bertz CT molecular complexity index is 1200. The van der Waals surface area contributed by atoms with Crippen LogP contribution in [0.2, 0.25) is 5.02 Å². The van der Waals surface area contributed by atoms with Crippen LogP contribution in [0, 0.1) is 5.92 Å². The van der Waals surface area contributed by atoms with Gasteiger partial charge < -0.3 is 4.90 Å². The lowest BCUT2D eigenvalue weighted by Gasteiger charge is -2.32. The van der Waals surface area contributed by atoms with Crippen molar-refractivity contribution in [2.24, 2.45) is 5.92 Å². The molecule has 180 valence electrons. The number of hydrogen-bond donors (Lipinski definition) is 0. The summed E-state index contributed by atoms with van der Waals surface area (Å²) in [5, 5.41) is 4.86. The van der Waals surface area contributed by atoms with Crippen molar-refractivity contribution in [3.8, 4) is 0 Å². The SMILES string of the molecule is O=c1cnn(CCCCN2CCC(Cc3cc(Cl)ccc3Br)CC2)c(=O)n1Cc1ccccc1. The molecule has 1 fully saturated rings. The molecule has 2 heterocycles. The van der Waals surface area contributed by atoms with Crippen LogP contribution < -0.4 is 11.2 Å². The van der Waals surface area contributed by atoms with Gasteiger partial charge in [-0.2, -0.15) is 5.10 Å². The number of unbranched alkanes of at least 4 members (excludes halogenated alkanes) is 1. The predicted molar refractivity (Wildman–Crippen MR) is 140 cm³/mol. The third-order valence-electron chi connectivity index (χ3n) is 6.53. The Morgan fingerprint density at radius 3 is 2.50 bits per heavy atom. The van der Waals surface area contributed by atoms with E-state index in [2.05, 4.69) is 32.0 Å². The molecule has 34 heavy (non-hydrogen) atoms. The number of likely N-dealkylation sites (tertiary alicyclic amines) is 1. The molecule has 0 aliphatic carbocycles. The highest BCUT2D eigenvalue weighted by Crippen LogP contribution is 2.28. The van der Waals surface area contributed by atoms with Gasteiger partial charge in [-0.25, -0.2) is 9.48 Å². The fraction of sp³-hybridized carbons (Fsp3) is 0.423. The second-order valence-corrected chi connectivity index (χ2v) is 10.3. The Morgan fingerprint density at radius 2 is 1.74 bits per heavy atom. The zero-order valence-corrected chi connectivity index (χ0v) is 21.5. The fourth-order valence-electron chi connectivity index (χ4n) is 4.56. The molecule has 1 aliphatic rings. The molecule has 6 nitrogen and oxygen atoms in total. The smallest absolute Gasteiger partial charge is 0.303 e. The highest BCUT2D eigenvalue weighted by Gasteiger charge is 2.20. The van der Waals surface area contributed by atoms with E-state index in [0.29, 0.717) is 12.5 Å². The van der Waals surface area contributed by atoms with Crippen LogP contribution in [0.1, 0.15) is 36.8 Å². The molecule has 0 radical (unpaired) electrons. The molecule has 0 N–H and O–H groups in total. The van der Waals surface area contributed by atoms with Crippen molar-refractivity contribution in [3.05, 3.63) is 96.2 Å². The first-order chi connectivity index (χ1) is 16.5. The molecule has 0 saturated carbocycles. The van der Waals surface area contributed by atoms with Crippen molar-refractivity contribution in [2.75, 3.05) is 19.6 Å². The number of hydrogen-bond acceptors (Lipinski definition) is 4. The number of benzene rings is 2. The number of rotatable bonds is 9. The van der Waals surface area contributed by atoms with E-state index in [1.807, 2.05) is 42.5 Å². The van der Waals surface area contributed by atoms with E-state index in [4.69, 9.17) is 11.6 Å². The molecular weight excluding hydrogens is 516 g/mol. The van der Waals surface area contributed by atoms with Crippen LogP contribution in [0.15, 0.2) is 68.8 Å². The van der Waals surface area contributed by atoms with Gasteiger partial charge in [-0.3, -0.25) is 9.36 Å². The lowest BCUT2D eigenvalue weighted by atomic mass is 9.90. The Hall–Kier alpha value is -2.22. The normalized spacial score (nSPS) is 15.0. The van der Waals surface area contributed by atoms with Crippen LogP contribution in [0.4, 0.5) is 0 Å². The summed E-state index contributed by atoms with van der Waals surface area (Å²) in [5.41, 5.74) is 1.50. The molecule has 8 heteroatoms. The minimum atomic E-state index is -0.363. The molecule has 3 aromatic rings. The van der Waals surface area contributed by atoms with Gasteiger partial charge in [-0.15, -0.1) is 0 Å². The first-order valence-electron chi connectivity index (χ1n) is 11.9. The molecule has 0 unspecified atom stereocenters. The van der Waals surface area contributed by atoms with Crippen LogP contribution in [0.5, 0.6) is 0 Å². The lowest BCUT2D eigenvalue weighted by Crippen LogP contribution is -2.41. The summed E-state index contributed by atoms with van der Waals surface area (Å²) in [6.45, 7) is 4.01. The summed E-state index contributed by atoms with van der Waals surface area (Å²) in [6, 6.07) is 15.5. The molecular formula is C26H30BrClN4O2. The first kappa shape index (κ1) is 24.9. The van der Waals surface area contributed by atoms with Crippen molar-refractivity contribution < 1.29 is 0 Å². The standard InChI is InChI=1S/C26H30BrClN4O2/c27-24-9-8-23(28)17-22(24)16-20-10-14-30(15-11-20)12-4-5-13-32-26(34)31(25(33)18-29-32)19-21-6-2-1-3-7-21/h1-3,6-9,17-18,20H,4-5,10-16,19H2. The van der Waals surface area contributed by atoms with Crippen molar-refractivity contribution in [3.63, 3.8) is 0 Å². The number of nitrogens with zero attached hydrogens (tertiary/aromatic N) is 4. The molecule has 4 rings (SSSR count). The maximum absolute atomic E-state index is 12.8. The van der Waals surface area contributed by atoms with Crippen LogP contribution in [0.25, 0.3) is 0 Å². The summed E-state index contributed by atoms with van der Waals surface area (Å²) >= 11 is 9.81. The summed E-state index contributed by atoms with van der Waals surface area (Å²) < 4.78 is 3.81. The van der Waals surface area contributed by atoms with Crippen molar-refractivity contribution in [1.29, 1.82) is 0 Å². The van der Waals surface area contributed by atoms with Gasteiger partial charge in [0.2, 0.25) is 0 Å². The van der Waals surface area contributed by atoms with Gasteiger partial charge >= 0.3 is 5.69 Å². The third-order valence-corrected chi connectivity index (χ3v) is 7.54. The Kier molecular flexibility index (Phi) is 8.75. The molecule has 0 bridgehead atoms. The van der Waals surface area contributed by atoms with Crippen LogP contribution in [-0.2, 0) is 19.5 Å². The molecule has 1 saturated heterocycles. The molecule has 0 spiro atoms. The van der Waals surface area contributed by atoms with E-state index in [1.54, 1.807) is 0 Å². The fourth-order valence-corrected chi connectivity index (χ4v) is 5.16. The topological polar surface area (TPSA) is 60.1 Å². The summed E-state index contributed by atoms with van der Waals surface area (Å²) in [7, 11) is 0. The van der Waals surface area contributed by atoms with Crippen molar-refractivity contribution >= 4 is 27.5 Å². The van der Waals surface area contributed by atoms with E-state index in [1.165, 1.54) is 33.9 Å². The number of aromatic nitrogens is 3. The van der Waals surface area contributed by atoms with E-state index in [-0.39, 0.29) is 17.8 Å². The van der Waals surface area contributed by atoms with E-state index < -0.39 is 0 Å². The zero-order chi connectivity index (χ0) is 23.9. The second kappa shape index (κ2) is 12.0. The van der Waals surface area contributed by atoms with Crippen LogP contribution >= 0.6 is 27.5 Å². The van der Waals surface area contributed by atoms with Gasteiger partial charge in [0.05, 0.1) is 6.54 Å². The molecule has 0 atom stereocenters. The largest absolute Gasteiger partial charge is 0.347 e. The maximum atomic E-state index is 12.8. The first-order valence-corrected chi connectivity index (χ1v) is 13.0. The van der Waals surface area contributed by atoms with E-state index in [0.717, 1.165) is 54.0 Å². The second-order valence-electron chi connectivity index (χ2n) is 8.99. The van der Waals surface area contributed by atoms with Crippen molar-refractivity contribution in [2.45, 2.75) is 45.2 Å². The van der Waals surface area contributed by atoms with Gasteiger partial charge in [0, 0.05) is 16.0 Å². The van der Waals surface area contributed by atoms with Crippen molar-refractivity contribution in [1.82, 2.24) is 19.2 Å². The summed E-state index contributed by atoms with van der Waals surface area (Å²) in [4.78, 5) is 27.5. The van der Waals surface area contributed by atoms with Gasteiger partial charge in [0.25, 0.3) is 5.56 Å². The third kappa shape index (κ3) is 6.68. The zero-order valence-electron chi connectivity index (χ0n) is 19.2. The average molecular weight is 546 g/mol. The van der Waals surface area contributed by atoms with E-state index in [9.17, 15) is 9.59 Å². The van der Waals surface area contributed by atoms with Crippen LogP contribution in [0.3, 0.4) is 0 Å². The molecule has 2 aromatic carbocycles. The highest BCUT2D eigenvalue weighted by molar-refractivity contribution is 9.10. The Labute approximate surface area is 213 Å². The molecule has 0 amide bonds. The van der Waals surface area contributed by atoms with Gasteiger partial charge in [0.1, 0.15) is 6.20 Å². The number of piperidine rings is 1. The lowest BCUT2D eigenvalue weighted by molar-refractivity contribution is 0.180. The monoisotopic (exact) mass is 544 g/mol. The minimum Gasteiger partial charge on any atom is -0.303 e. The number of aryl methyl sites for hydroxylation is 1. The quantitative estimate of drug-likeness (QED) is 0.369. The predicted octanol–water partition coefficient (Wildman–Crippen LogP) is 4.60. The number of halogens is 2. The minimum absolute atomic E-state index is 0.266. The summed E-state index contributed by atoms with van der Waals surface area (Å²) in [5.74, 6) is 0.680. The Morgan fingerprint density at radius 1 is 1.00 bits per heavy atom. The van der Waals surface area contributed by atoms with Gasteiger partial charge in [-0.1, -0.05) is 57.9 Å². The highest BCUT2D eigenvalue weighted by atomic mass is 79.9. The van der Waals surface area contributed by atoms with E-state index >= 15 is 0 Å². The average Bonchev–Trinajstić information content (AvgIpc) is 2.84. The van der Waals surface area contributed by atoms with Crippen LogP contribution in [-0.4, -0.2) is 38.9 Å². The maximum Gasteiger partial charge on any atom is 0.347 e. The van der Waals surface area contributed by atoms with Gasteiger partial charge in [0.15, 0.2) is 0 Å². The molecule has 1 aliphatic heterocycles. The Balaban J connectivity index is 1.22.